The van der Waals surface area contributed by atoms with Gasteiger partial charge in [0.2, 0.25) is 0 Å². The SMILES string of the molecule is Cc1cc(NS(=O)(=O)N2CCCC(C)C2)ccc1C(=O)O. The molecule has 0 amide bonds. The van der Waals surface area contributed by atoms with Crippen LogP contribution in [0.5, 0.6) is 0 Å². The van der Waals surface area contributed by atoms with Crippen LogP contribution in [0.2, 0.25) is 0 Å². The lowest BCUT2D eigenvalue weighted by Gasteiger charge is -2.30. The van der Waals surface area contributed by atoms with Crippen molar-refractivity contribution in [2.75, 3.05) is 17.8 Å². The highest BCUT2D eigenvalue weighted by Crippen LogP contribution is 2.21. The molecule has 1 aromatic rings. The lowest BCUT2D eigenvalue weighted by molar-refractivity contribution is 0.0696. The van der Waals surface area contributed by atoms with Gasteiger partial charge in [-0.15, -0.1) is 0 Å². The summed E-state index contributed by atoms with van der Waals surface area (Å²) in [5.74, 6) is -0.668. The van der Waals surface area contributed by atoms with E-state index in [1.165, 1.54) is 22.5 Å². The third-order valence-corrected chi connectivity index (χ3v) is 5.17. The topological polar surface area (TPSA) is 86.7 Å². The Morgan fingerprint density at radius 3 is 2.71 bits per heavy atom. The number of anilines is 1. The Kier molecular flexibility index (Phi) is 4.53. The van der Waals surface area contributed by atoms with Gasteiger partial charge < -0.3 is 5.11 Å². The molecule has 6 nitrogen and oxygen atoms in total. The van der Waals surface area contributed by atoms with Gasteiger partial charge in [0, 0.05) is 13.1 Å². The summed E-state index contributed by atoms with van der Waals surface area (Å²) < 4.78 is 28.6. The van der Waals surface area contributed by atoms with E-state index in [1.807, 2.05) is 6.92 Å². The minimum atomic E-state index is -3.58. The van der Waals surface area contributed by atoms with Crippen LogP contribution in [0, 0.1) is 12.8 Å². The maximum absolute atomic E-state index is 12.3. The van der Waals surface area contributed by atoms with Crippen LogP contribution >= 0.6 is 0 Å². The molecular formula is C14H20N2O4S. The normalized spacial score (nSPS) is 20.2. The van der Waals surface area contributed by atoms with Crippen molar-refractivity contribution in [3.8, 4) is 0 Å². The van der Waals surface area contributed by atoms with Crippen LogP contribution < -0.4 is 4.72 Å². The molecule has 2 N–H and O–H groups in total. The number of hydrogen-bond donors (Lipinski definition) is 2. The zero-order chi connectivity index (χ0) is 15.6. The van der Waals surface area contributed by atoms with Gasteiger partial charge in [-0.1, -0.05) is 6.92 Å². The minimum Gasteiger partial charge on any atom is -0.478 e. The first-order chi connectivity index (χ1) is 9.79. The highest BCUT2D eigenvalue weighted by Gasteiger charge is 2.27. The van der Waals surface area contributed by atoms with E-state index in [-0.39, 0.29) is 5.56 Å². The van der Waals surface area contributed by atoms with Crippen molar-refractivity contribution >= 4 is 21.9 Å². The van der Waals surface area contributed by atoms with Gasteiger partial charge in [0.25, 0.3) is 0 Å². The van der Waals surface area contributed by atoms with E-state index in [1.54, 1.807) is 6.92 Å². The number of carboxylic acids is 1. The first kappa shape index (κ1) is 15.8. The van der Waals surface area contributed by atoms with Gasteiger partial charge in [-0.05, 0) is 49.4 Å². The van der Waals surface area contributed by atoms with Crippen LogP contribution in [0.4, 0.5) is 5.69 Å². The predicted molar refractivity (Wildman–Crippen MR) is 80.7 cm³/mol. The lowest BCUT2D eigenvalue weighted by atomic mass is 10.0. The Morgan fingerprint density at radius 2 is 2.14 bits per heavy atom. The number of aromatic carboxylic acids is 1. The van der Waals surface area contributed by atoms with Gasteiger partial charge in [-0.3, -0.25) is 4.72 Å². The van der Waals surface area contributed by atoms with Crippen molar-refractivity contribution in [1.82, 2.24) is 4.31 Å². The number of aryl methyl sites for hydroxylation is 1. The number of piperidine rings is 1. The van der Waals surface area contributed by atoms with E-state index in [9.17, 15) is 13.2 Å². The molecule has 116 valence electrons. The number of nitrogens with one attached hydrogen (secondary N) is 1. The molecule has 1 aliphatic rings. The molecule has 1 saturated heterocycles. The fourth-order valence-corrected chi connectivity index (χ4v) is 3.92. The molecule has 21 heavy (non-hydrogen) atoms. The van der Waals surface area contributed by atoms with Gasteiger partial charge >= 0.3 is 16.2 Å². The highest BCUT2D eigenvalue weighted by molar-refractivity contribution is 7.90. The average Bonchev–Trinajstić information content (AvgIpc) is 2.37. The first-order valence-corrected chi connectivity index (χ1v) is 8.35. The standard InChI is InChI=1S/C14H20N2O4S/c1-10-4-3-7-16(9-10)21(19,20)15-12-5-6-13(14(17)18)11(2)8-12/h5-6,8,10,15H,3-4,7,9H2,1-2H3,(H,17,18). The first-order valence-electron chi connectivity index (χ1n) is 6.91. The molecule has 0 saturated carbocycles. The van der Waals surface area contributed by atoms with Crippen LogP contribution in [-0.2, 0) is 10.2 Å². The van der Waals surface area contributed by atoms with Gasteiger partial charge in [-0.25, -0.2) is 4.79 Å². The summed E-state index contributed by atoms with van der Waals surface area (Å²) in [6, 6.07) is 4.42. The summed E-state index contributed by atoms with van der Waals surface area (Å²) in [6.45, 7) is 4.71. The van der Waals surface area contributed by atoms with Crippen LogP contribution in [-0.4, -0.2) is 36.9 Å². The monoisotopic (exact) mass is 312 g/mol. The molecule has 0 spiro atoms. The van der Waals surface area contributed by atoms with E-state index in [0.717, 1.165) is 12.8 Å². The van der Waals surface area contributed by atoms with Gasteiger partial charge in [0.1, 0.15) is 0 Å². The Hall–Kier alpha value is -1.60. The Morgan fingerprint density at radius 1 is 1.43 bits per heavy atom. The molecule has 0 bridgehead atoms. The molecule has 7 heteroatoms. The van der Waals surface area contributed by atoms with Gasteiger partial charge in [0.15, 0.2) is 0 Å². The predicted octanol–water partition coefficient (Wildman–Crippen LogP) is 2.08. The minimum absolute atomic E-state index is 0.171. The Labute approximate surface area is 125 Å². The molecule has 1 unspecified atom stereocenters. The van der Waals surface area contributed by atoms with Crippen LogP contribution in [0.25, 0.3) is 0 Å². The smallest absolute Gasteiger partial charge is 0.335 e. The fraction of sp³-hybridized carbons (Fsp3) is 0.500. The van der Waals surface area contributed by atoms with E-state index >= 15 is 0 Å². The summed E-state index contributed by atoms with van der Waals surface area (Å²) in [7, 11) is -3.58. The lowest BCUT2D eigenvalue weighted by Crippen LogP contribution is -2.42. The summed E-state index contributed by atoms with van der Waals surface area (Å²) in [5, 5.41) is 8.98. The highest BCUT2D eigenvalue weighted by atomic mass is 32.2. The molecule has 1 aromatic carbocycles. The second kappa shape index (κ2) is 6.03. The molecule has 2 rings (SSSR count). The van der Waals surface area contributed by atoms with Gasteiger partial charge in [0.05, 0.1) is 11.3 Å². The number of nitrogens with zero attached hydrogens (tertiary/aromatic N) is 1. The summed E-state index contributed by atoms with van der Waals surface area (Å²) in [6.07, 6.45) is 1.90. The van der Waals surface area contributed by atoms with E-state index < -0.39 is 16.2 Å². The molecule has 1 heterocycles. The Balaban J connectivity index is 2.17. The second-order valence-electron chi connectivity index (χ2n) is 5.55. The molecular weight excluding hydrogens is 292 g/mol. The second-order valence-corrected chi connectivity index (χ2v) is 7.22. The van der Waals surface area contributed by atoms with E-state index in [0.29, 0.717) is 30.3 Å². The van der Waals surface area contributed by atoms with Crippen molar-refractivity contribution in [3.05, 3.63) is 29.3 Å². The van der Waals surface area contributed by atoms with Crippen molar-refractivity contribution < 1.29 is 18.3 Å². The zero-order valence-corrected chi connectivity index (χ0v) is 13.0. The van der Waals surface area contributed by atoms with Crippen molar-refractivity contribution in [2.45, 2.75) is 26.7 Å². The average molecular weight is 312 g/mol. The molecule has 1 atom stereocenters. The molecule has 0 radical (unpaired) electrons. The van der Waals surface area contributed by atoms with Crippen molar-refractivity contribution in [3.63, 3.8) is 0 Å². The third-order valence-electron chi connectivity index (χ3n) is 3.66. The van der Waals surface area contributed by atoms with Crippen LogP contribution in [0.15, 0.2) is 18.2 Å². The van der Waals surface area contributed by atoms with E-state index in [4.69, 9.17) is 5.11 Å². The van der Waals surface area contributed by atoms with Crippen LogP contribution in [0.1, 0.15) is 35.7 Å². The number of hydrogen-bond acceptors (Lipinski definition) is 3. The Bertz CT molecular complexity index is 642. The van der Waals surface area contributed by atoms with E-state index in [2.05, 4.69) is 4.72 Å². The number of carbonyl (C=O) groups is 1. The number of benzene rings is 1. The summed E-state index contributed by atoms with van der Waals surface area (Å²) in [5.41, 5.74) is 1.08. The molecule has 0 aliphatic carbocycles. The molecule has 1 aliphatic heterocycles. The van der Waals surface area contributed by atoms with Crippen molar-refractivity contribution in [2.24, 2.45) is 5.92 Å². The maximum atomic E-state index is 12.3. The zero-order valence-electron chi connectivity index (χ0n) is 12.2. The quantitative estimate of drug-likeness (QED) is 0.891. The molecule has 0 aromatic heterocycles. The van der Waals surface area contributed by atoms with Gasteiger partial charge in [-0.2, -0.15) is 12.7 Å². The summed E-state index contributed by atoms with van der Waals surface area (Å²) in [4.78, 5) is 11.0. The van der Waals surface area contributed by atoms with Crippen LogP contribution in [0.3, 0.4) is 0 Å². The molecule has 1 fully saturated rings. The largest absolute Gasteiger partial charge is 0.478 e. The number of carboxylic acid groups (broad SMARTS) is 1. The third kappa shape index (κ3) is 3.74. The fourth-order valence-electron chi connectivity index (χ4n) is 2.55. The maximum Gasteiger partial charge on any atom is 0.335 e. The summed E-state index contributed by atoms with van der Waals surface area (Å²) >= 11 is 0. The van der Waals surface area contributed by atoms with Crippen molar-refractivity contribution in [1.29, 1.82) is 0 Å². The number of rotatable bonds is 4.